The number of hydrogen-bond donors (Lipinski definition) is 0. The number of aromatic nitrogens is 1. The van der Waals surface area contributed by atoms with Gasteiger partial charge in [0, 0.05) is 31.9 Å². The zero-order valence-electron chi connectivity index (χ0n) is 13.5. The molecule has 1 aromatic carbocycles. The van der Waals surface area contributed by atoms with Crippen LogP contribution in [0.4, 0.5) is 5.69 Å². The number of ether oxygens (including phenoxy) is 1. The monoisotopic (exact) mass is 325 g/mol. The molecule has 3 rings (SSSR count). The van der Waals surface area contributed by atoms with Crippen LogP contribution < -0.4 is 4.90 Å². The lowest BCUT2D eigenvalue weighted by Crippen LogP contribution is -2.49. The summed E-state index contributed by atoms with van der Waals surface area (Å²) in [5, 5.41) is 0. The lowest BCUT2D eigenvalue weighted by atomic mass is 10.2. The van der Waals surface area contributed by atoms with Crippen LogP contribution in [0.3, 0.4) is 0 Å². The summed E-state index contributed by atoms with van der Waals surface area (Å²) < 4.78 is 4.65. The Morgan fingerprint density at radius 2 is 1.58 bits per heavy atom. The highest BCUT2D eigenvalue weighted by molar-refractivity contribution is 5.94. The van der Waals surface area contributed by atoms with Gasteiger partial charge in [-0.05, 0) is 24.3 Å². The highest BCUT2D eigenvalue weighted by Crippen LogP contribution is 2.16. The molecule has 0 unspecified atom stereocenters. The first-order chi connectivity index (χ1) is 11.7. The SMILES string of the molecule is COC(=O)c1cccc(C(=O)N2CCN(c3ccccc3)CC2)n1. The summed E-state index contributed by atoms with van der Waals surface area (Å²) in [7, 11) is 1.29. The van der Waals surface area contributed by atoms with E-state index in [4.69, 9.17) is 0 Å². The first kappa shape index (κ1) is 16.0. The molecule has 1 aliphatic rings. The molecule has 2 heterocycles. The number of carbonyl (C=O) groups excluding carboxylic acids is 2. The van der Waals surface area contributed by atoms with Crippen LogP contribution in [0.1, 0.15) is 21.0 Å². The minimum Gasteiger partial charge on any atom is -0.464 e. The van der Waals surface area contributed by atoms with Gasteiger partial charge in [0.15, 0.2) is 0 Å². The Morgan fingerprint density at radius 3 is 2.25 bits per heavy atom. The second kappa shape index (κ2) is 7.12. The Balaban J connectivity index is 1.66. The Labute approximate surface area is 140 Å². The van der Waals surface area contributed by atoms with Crippen LogP contribution in [0.25, 0.3) is 0 Å². The number of esters is 1. The third-order valence-corrected chi connectivity index (χ3v) is 4.05. The molecule has 0 aliphatic carbocycles. The molecule has 6 heteroatoms. The number of amides is 1. The Kier molecular flexibility index (Phi) is 4.74. The highest BCUT2D eigenvalue weighted by atomic mass is 16.5. The van der Waals surface area contributed by atoms with Gasteiger partial charge in [-0.3, -0.25) is 4.79 Å². The van der Waals surface area contributed by atoms with Crippen molar-refractivity contribution in [2.75, 3.05) is 38.2 Å². The van der Waals surface area contributed by atoms with Gasteiger partial charge in [-0.25, -0.2) is 9.78 Å². The summed E-state index contributed by atoms with van der Waals surface area (Å²) in [6.07, 6.45) is 0. The second-order valence-corrected chi connectivity index (χ2v) is 5.51. The molecule has 1 amide bonds. The van der Waals surface area contributed by atoms with Crippen molar-refractivity contribution in [3.05, 3.63) is 59.9 Å². The molecule has 0 spiro atoms. The van der Waals surface area contributed by atoms with Crippen LogP contribution in [0.2, 0.25) is 0 Å². The lowest BCUT2D eigenvalue weighted by Gasteiger charge is -2.36. The minimum atomic E-state index is -0.543. The molecule has 24 heavy (non-hydrogen) atoms. The quantitative estimate of drug-likeness (QED) is 0.806. The van der Waals surface area contributed by atoms with Crippen LogP contribution >= 0.6 is 0 Å². The molecule has 1 saturated heterocycles. The average Bonchev–Trinajstić information content (AvgIpc) is 2.67. The fraction of sp³-hybridized carbons (Fsp3) is 0.278. The van der Waals surface area contributed by atoms with Crippen LogP contribution in [-0.4, -0.2) is 55.0 Å². The maximum atomic E-state index is 12.6. The molecule has 1 fully saturated rings. The number of methoxy groups -OCH3 is 1. The van der Waals surface area contributed by atoms with E-state index < -0.39 is 5.97 Å². The fourth-order valence-corrected chi connectivity index (χ4v) is 2.74. The first-order valence-electron chi connectivity index (χ1n) is 7.83. The fourth-order valence-electron chi connectivity index (χ4n) is 2.74. The molecule has 0 radical (unpaired) electrons. The number of pyridine rings is 1. The van der Waals surface area contributed by atoms with E-state index in [0.29, 0.717) is 13.1 Å². The van der Waals surface area contributed by atoms with E-state index in [1.165, 1.54) is 13.2 Å². The van der Waals surface area contributed by atoms with Gasteiger partial charge in [0.1, 0.15) is 11.4 Å². The Bertz CT molecular complexity index is 725. The van der Waals surface area contributed by atoms with Crippen molar-refractivity contribution in [2.24, 2.45) is 0 Å². The maximum Gasteiger partial charge on any atom is 0.356 e. The molecule has 1 aliphatic heterocycles. The predicted octanol–water partition coefficient (Wildman–Crippen LogP) is 1.83. The van der Waals surface area contributed by atoms with Crippen LogP contribution in [-0.2, 0) is 4.74 Å². The summed E-state index contributed by atoms with van der Waals surface area (Å²) in [4.78, 5) is 32.3. The number of rotatable bonds is 3. The van der Waals surface area contributed by atoms with Crippen molar-refractivity contribution in [1.82, 2.24) is 9.88 Å². The van der Waals surface area contributed by atoms with Gasteiger partial charge in [0.05, 0.1) is 7.11 Å². The van der Waals surface area contributed by atoms with E-state index in [-0.39, 0.29) is 17.3 Å². The number of piperazine rings is 1. The first-order valence-corrected chi connectivity index (χ1v) is 7.83. The normalized spacial score (nSPS) is 14.4. The molecular weight excluding hydrogens is 306 g/mol. The lowest BCUT2D eigenvalue weighted by molar-refractivity contribution is 0.0593. The number of hydrogen-bond acceptors (Lipinski definition) is 5. The molecule has 124 valence electrons. The van der Waals surface area contributed by atoms with Gasteiger partial charge in [-0.2, -0.15) is 0 Å². The number of carbonyl (C=O) groups is 2. The van der Waals surface area contributed by atoms with Crippen LogP contribution in [0.5, 0.6) is 0 Å². The second-order valence-electron chi connectivity index (χ2n) is 5.51. The summed E-state index contributed by atoms with van der Waals surface area (Å²) in [6.45, 7) is 2.79. The molecule has 0 atom stereocenters. The Morgan fingerprint density at radius 1 is 0.917 bits per heavy atom. The van der Waals surface area contributed by atoms with Crippen molar-refractivity contribution in [1.29, 1.82) is 0 Å². The van der Waals surface area contributed by atoms with Crippen molar-refractivity contribution in [2.45, 2.75) is 0 Å². The predicted molar refractivity (Wildman–Crippen MR) is 90.1 cm³/mol. The van der Waals surface area contributed by atoms with Crippen LogP contribution in [0.15, 0.2) is 48.5 Å². The molecule has 0 bridgehead atoms. The molecular formula is C18H19N3O3. The summed E-state index contributed by atoms with van der Waals surface area (Å²) >= 11 is 0. The molecule has 1 aromatic heterocycles. The van der Waals surface area contributed by atoms with Gasteiger partial charge < -0.3 is 14.5 Å². The van der Waals surface area contributed by atoms with Gasteiger partial charge in [0.25, 0.3) is 5.91 Å². The van der Waals surface area contributed by atoms with Crippen molar-refractivity contribution >= 4 is 17.6 Å². The summed E-state index contributed by atoms with van der Waals surface area (Å²) in [5.74, 6) is -0.702. The largest absolute Gasteiger partial charge is 0.464 e. The zero-order chi connectivity index (χ0) is 16.9. The number of nitrogens with zero attached hydrogens (tertiary/aromatic N) is 3. The van der Waals surface area contributed by atoms with Crippen LogP contribution in [0, 0.1) is 0 Å². The molecule has 6 nitrogen and oxygen atoms in total. The summed E-state index contributed by atoms with van der Waals surface area (Å²) in [6, 6.07) is 15.0. The minimum absolute atomic E-state index is 0.145. The van der Waals surface area contributed by atoms with Gasteiger partial charge in [-0.15, -0.1) is 0 Å². The van der Waals surface area contributed by atoms with Gasteiger partial charge in [-0.1, -0.05) is 24.3 Å². The van der Waals surface area contributed by atoms with Crippen molar-refractivity contribution < 1.29 is 14.3 Å². The number of benzene rings is 1. The van der Waals surface area contributed by atoms with Crippen molar-refractivity contribution in [3.8, 4) is 0 Å². The standard InChI is InChI=1S/C18H19N3O3/c1-24-18(23)16-9-5-8-15(19-16)17(22)21-12-10-20(11-13-21)14-6-3-2-4-7-14/h2-9H,10-13H2,1H3. The van der Waals surface area contributed by atoms with E-state index in [1.54, 1.807) is 17.0 Å². The van der Waals surface area contributed by atoms with Crippen molar-refractivity contribution in [3.63, 3.8) is 0 Å². The van der Waals surface area contributed by atoms with E-state index in [2.05, 4.69) is 26.8 Å². The topological polar surface area (TPSA) is 62.7 Å². The third kappa shape index (κ3) is 3.37. The maximum absolute atomic E-state index is 12.6. The van der Waals surface area contributed by atoms with Gasteiger partial charge in [0.2, 0.25) is 0 Å². The van der Waals surface area contributed by atoms with E-state index in [9.17, 15) is 9.59 Å². The molecule has 0 N–H and O–H groups in total. The molecule has 0 saturated carbocycles. The van der Waals surface area contributed by atoms with E-state index >= 15 is 0 Å². The third-order valence-electron chi connectivity index (χ3n) is 4.05. The summed E-state index contributed by atoms with van der Waals surface area (Å²) in [5.41, 5.74) is 1.58. The highest BCUT2D eigenvalue weighted by Gasteiger charge is 2.23. The number of para-hydroxylation sites is 1. The van der Waals surface area contributed by atoms with Gasteiger partial charge >= 0.3 is 5.97 Å². The molecule has 2 aromatic rings. The van der Waals surface area contributed by atoms with E-state index in [1.807, 2.05) is 18.2 Å². The number of anilines is 1. The average molecular weight is 325 g/mol. The zero-order valence-corrected chi connectivity index (χ0v) is 13.5. The smallest absolute Gasteiger partial charge is 0.356 e. The Hall–Kier alpha value is -2.89. The van der Waals surface area contributed by atoms with E-state index in [0.717, 1.165) is 18.8 Å².